The van der Waals surface area contributed by atoms with E-state index < -0.39 is 0 Å². The molecule has 0 saturated carbocycles. The Hall–Kier alpha value is 0.400. The largest absolute Gasteiger partial charge is 0.372 e. The van der Waals surface area contributed by atoms with Gasteiger partial charge >= 0.3 is 0 Å². The van der Waals surface area contributed by atoms with Gasteiger partial charge in [0.15, 0.2) is 0 Å². The van der Waals surface area contributed by atoms with Crippen molar-refractivity contribution in [2.45, 2.75) is 26.1 Å². The van der Waals surface area contributed by atoms with E-state index in [0.29, 0.717) is 12.2 Å². The summed E-state index contributed by atoms with van der Waals surface area (Å²) in [6, 6.07) is 0. The molecule has 2 unspecified atom stereocenters. The van der Waals surface area contributed by atoms with Gasteiger partial charge in [0.25, 0.3) is 0 Å². The summed E-state index contributed by atoms with van der Waals surface area (Å²) in [6.07, 6.45) is 0.782. The molecule has 0 bridgehead atoms. The highest BCUT2D eigenvalue weighted by Gasteiger charge is 2.22. The Bertz CT molecular complexity index is 109. The van der Waals surface area contributed by atoms with Crippen LogP contribution in [0, 0.1) is 0 Å². The molecule has 2 nitrogen and oxygen atoms in total. The van der Waals surface area contributed by atoms with Crippen LogP contribution < -0.4 is 0 Å². The van der Waals surface area contributed by atoms with Crippen LogP contribution in [0.15, 0.2) is 0 Å². The van der Waals surface area contributed by atoms with E-state index in [1.165, 1.54) is 0 Å². The quantitative estimate of drug-likeness (QED) is 0.656. The second-order valence-electron chi connectivity index (χ2n) is 3.08. The summed E-state index contributed by atoms with van der Waals surface area (Å²) < 4.78 is 5.68. The van der Waals surface area contributed by atoms with Crippen molar-refractivity contribution in [1.29, 1.82) is 0 Å². The van der Waals surface area contributed by atoms with Crippen LogP contribution in [0.2, 0.25) is 0 Å². The Kier molecular flexibility index (Phi) is 3.82. The van der Waals surface area contributed by atoms with E-state index in [2.05, 4.69) is 34.7 Å². The summed E-state index contributed by atoms with van der Waals surface area (Å²) in [5.74, 6) is 0. The molecule has 0 aromatic rings. The standard InChI is InChI=1S/C8H16BrNO/c1-3-10-5-7(2)11-8(4-9)6-10/h7-8H,3-6H2,1-2H3. The van der Waals surface area contributed by atoms with Gasteiger partial charge in [-0.1, -0.05) is 22.9 Å². The molecule has 0 spiro atoms. The number of halogens is 1. The fourth-order valence-corrected chi connectivity index (χ4v) is 1.84. The highest BCUT2D eigenvalue weighted by atomic mass is 79.9. The molecular formula is C8H16BrNO. The Balaban J connectivity index is 2.37. The highest BCUT2D eigenvalue weighted by molar-refractivity contribution is 9.09. The van der Waals surface area contributed by atoms with Crippen LogP contribution in [-0.2, 0) is 4.74 Å². The second-order valence-corrected chi connectivity index (χ2v) is 3.72. The van der Waals surface area contributed by atoms with E-state index >= 15 is 0 Å². The number of alkyl halides is 1. The average molecular weight is 222 g/mol. The molecule has 0 radical (unpaired) electrons. The predicted molar refractivity (Wildman–Crippen MR) is 50.2 cm³/mol. The molecule has 1 saturated heterocycles. The van der Waals surface area contributed by atoms with Gasteiger partial charge in [-0.25, -0.2) is 0 Å². The predicted octanol–water partition coefficient (Wildman–Crippen LogP) is 1.49. The summed E-state index contributed by atoms with van der Waals surface area (Å²) in [5, 5.41) is 0.952. The SMILES string of the molecule is CCN1CC(C)OC(CBr)C1. The van der Waals surface area contributed by atoms with Gasteiger partial charge in [0.1, 0.15) is 0 Å². The van der Waals surface area contributed by atoms with Gasteiger partial charge in [-0.3, -0.25) is 4.90 Å². The van der Waals surface area contributed by atoms with Gasteiger partial charge in [0.2, 0.25) is 0 Å². The maximum absolute atomic E-state index is 5.68. The van der Waals surface area contributed by atoms with Crippen LogP contribution in [0.3, 0.4) is 0 Å². The zero-order valence-electron chi connectivity index (χ0n) is 7.22. The summed E-state index contributed by atoms with van der Waals surface area (Å²) in [6.45, 7) is 7.63. The van der Waals surface area contributed by atoms with Crippen LogP contribution in [0.25, 0.3) is 0 Å². The minimum Gasteiger partial charge on any atom is -0.372 e. The van der Waals surface area contributed by atoms with Gasteiger partial charge in [-0.15, -0.1) is 0 Å². The lowest BCUT2D eigenvalue weighted by Gasteiger charge is -2.35. The summed E-state index contributed by atoms with van der Waals surface area (Å²) in [4.78, 5) is 2.43. The van der Waals surface area contributed by atoms with E-state index in [1.54, 1.807) is 0 Å². The lowest BCUT2D eigenvalue weighted by atomic mass is 10.2. The molecule has 11 heavy (non-hydrogen) atoms. The van der Waals surface area contributed by atoms with E-state index in [9.17, 15) is 0 Å². The van der Waals surface area contributed by atoms with Crippen molar-refractivity contribution in [3.63, 3.8) is 0 Å². The van der Waals surface area contributed by atoms with Crippen molar-refractivity contribution in [2.24, 2.45) is 0 Å². The minimum absolute atomic E-state index is 0.388. The third kappa shape index (κ3) is 2.73. The zero-order chi connectivity index (χ0) is 8.27. The first-order chi connectivity index (χ1) is 5.26. The highest BCUT2D eigenvalue weighted by Crippen LogP contribution is 2.11. The van der Waals surface area contributed by atoms with Crippen LogP contribution in [0.5, 0.6) is 0 Å². The first kappa shape index (κ1) is 9.49. The van der Waals surface area contributed by atoms with Crippen LogP contribution >= 0.6 is 15.9 Å². The fourth-order valence-electron chi connectivity index (χ4n) is 1.48. The molecule has 0 aromatic carbocycles. The monoisotopic (exact) mass is 221 g/mol. The third-order valence-corrected chi connectivity index (χ3v) is 2.74. The maximum Gasteiger partial charge on any atom is 0.0802 e. The van der Waals surface area contributed by atoms with Crippen molar-refractivity contribution >= 4 is 15.9 Å². The van der Waals surface area contributed by atoms with Gasteiger partial charge < -0.3 is 4.74 Å². The van der Waals surface area contributed by atoms with E-state index in [0.717, 1.165) is 25.0 Å². The summed E-state index contributed by atoms with van der Waals surface area (Å²) in [5.41, 5.74) is 0. The van der Waals surface area contributed by atoms with Gasteiger partial charge in [-0.05, 0) is 13.5 Å². The van der Waals surface area contributed by atoms with Crippen molar-refractivity contribution in [3.05, 3.63) is 0 Å². The molecule has 0 aliphatic carbocycles. The normalized spacial score (nSPS) is 34.1. The second kappa shape index (κ2) is 4.43. The molecule has 1 aliphatic heterocycles. The molecule has 66 valence electrons. The summed E-state index contributed by atoms with van der Waals surface area (Å²) in [7, 11) is 0. The van der Waals surface area contributed by atoms with E-state index in [-0.39, 0.29) is 0 Å². The van der Waals surface area contributed by atoms with Crippen molar-refractivity contribution in [3.8, 4) is 0 Å². The van der Waals surface area contributed by atoms with Crippen molar-refractivity contribution in [2.75, 3.05) is 25.0 Å². The van der Waals surface area contributed by atoms with Gasteiger partial charge in [-0.2, -0.15) is 0 Å². The first-order valence-electron chi connectivity index (χ1n) is 4.20. The van der Waals surface area contributed by atoms with Gasteiger partial charge in [0, 0.05) is 18.4 Å². The van der Waals surface area contributed by atoms with Gasteiger partial charge in [0.05, 0.1) is 12.2 Å². The van der Waals surface area contributed by atoms with Crippen LogP contribution in [0.1, 0.15) is 13.8 Å². The molecule has 1 rings (SSSR count). The average Bonchev–Trinajstić information content (AvgIpc) is 2.03. The minimum atomic E-state index is 0.388. The molecule has 0 N–H and O–H groups in total. The molecule has 0 aromatic heterocycles. The Labute approximate surface area is 77.0 Å². The molecular weight excluding hydrogens is 206 g/mol. The number of rotatable bonds is 2. The maximum atomic E-state index is 5.68. The number of hydrogen-bond donors (Lipinski definition) is 0. The smallest absolute Gasteiger partial charge is 0.0802 e. The third-order valence-electron chi connectivity index (χ3n) is 2.02. The molecule has 1 fully saturated rings. The molecule has 0 amide bonds. The fraction of sp³-hybridized carbons (Fsp3) is 1.00. The number of ether oxygens (including phenoxy) is 1. The zero-order valence-corrected chi connectivity index (χ0v) is 8.80. The first-order valence-corrected chi connectivity index (χ1v) is 5.32. The number of morpholine rings is 1. The lowest BCUT2D eigenvalue weighted by Crippen LogP contribution is -2.46. The van der Waals surface area contributed by atoms with Crippen LogP contribution in [-0.4, -0.2) is 42.1 Å². The Morgan fingerprint density at radius 1 is 1.55 bits per heavy atom. The lowest BCUT2D eigenvalue weighted by molar-refractivity contribution is -0.0636. The number of likely N-dealkylation sites (N-methyl/N-ethyl adjacent to an activating group) is 1. The summed E-state index contributed by atoms with van der Waals surface area (Å²) >= 11 is 3.44. The van der Waals surface area contributed by atoms with E-state index in [4.69, 9.17) is 4.74 Å². The molecule has 2 atom stereocenters. The van der Waals surface area contributed by atoms with Crippen molar-refractivity contribution in [1.82, 2.24) is 4.90 Å². The Morgan fingerprint density at radius 2 is 2.27 bits per heavy atom. The number of nitrogens with zero attached hydrogens (tertiary/aromatic N) is 1. The van der Waals surface area contributed by atoms with E-state index in [1.807, 2.05) is 0 Å². The van der Waals surface area contributed by atoms with Crippen molar-refractivity contribution < 1.29 is 4.74 Å². The van der Waals surface area contributed by atoms with Crippen LogP contribution in [0.4, 0.5) is 0 Å². The molecule has 1 heterocycles. The Morgan fingerprint density at radius 3 is 2.82 bits per heavy atom. The molecule has 3 heteroatoms. The molecule has 1 aliphatic rings. The topological polar surface area (TPSA) is 12.5 Å². The number of hydrogen-bond acceptors (Lipinski definition) is 2.